The van der Waals surface area contributed by atoms with Crippen molar-refractivity contribution in [3.05, 3.63) is 34.9 Å². The number of nitrogens with zero attached hydrogens (tertiary/aromatic N) is 1. The molecule has 94 valence electrons. The van der Waals surface area contributed by atoms with Crippen molar-refractivity contribution >= 4 is 17.5 Å². The van der Waals surface area contributed by atoms with Gasteiger partial charge in [-0.3, -0.25) is 4.79 Å². The van der Waals surface area contributed by atoms with E-state index in [1.807, 2.05) is 43.1 Å². The van der Waals surface area contributed by atoms with E-state index in [-0.39, 0.29) is 5.91 Å². The minimum absolute atomic E-state index is 0.154. The summed E-state index contributed by atoms with van der Waals surface area (Å²) in [6.07, 6.45) is 0.523. The number of carbonyl (C=O) groups excluding carboxylic acids is 1. The summed E-state index contributed by atoms with van der Waals surface area (Å²) < 4.78 is 0. The van der Waals surface area contributed by atoms with Crippen molar-refractivity contribution in [2.75, 3.05) is 20.1 Å². The SMILES string of the molecule is CCN(Cc1ccccc1Cl)C(=O)CCNC. The zero-order valence-electron chi connectivity index (χ0n) is 10.4. The first-order chi connectivity index (χ1) is 8.19. The highest BCUT2D eigenvalue weighted by Crippen LogP contribution is 2.17. The Morgan fingerprint density at radius 2 is 2.12 bits per heavy atom. The van der Waals surface area contributed by atoms with Crippen LogP contribution < -0.4 is 5.32 Å². The third kappa shape index (κ3) is 4.36. The molecule has 0 atom stereocenters. The maximum atomic E-state index is 11.9. The normalized spacial score (nSPS) is 10.3. The van der Waals surface area contributed by atoms with Gasteiger partial charge in [0, 0.05) is 31.1 Å². The van der Waals surface area contributed by atoms with E-state index in [2.05, 4.69) is 5.32 Å². The van der Waals surface area contributed by atoms with Gasteiger partial charge in [0.1, 0.15) is 0 Å². The molecule has 0 saturated carbocycles. The minimum atomic E-state index is 0.154. The van der Waals surface area contributed by atoms with E-state index < -0.39 is 0 Å². The Morgan fingerprint density at radius 1 is 1.41 bits per heavy atom. The van der Waals surface area contributed by atoms with Gasteiger partial charge in [-0.05, 0) is 25.6 Å². The summed E-state index contributed by atoms with van der Waals surface area (Å²) in [5.41, 5.74) is 0.994. The molecule has 4 heteroatoms. The monoisotopic (exact) mass is 254 g/mol. The topological polar surface area (TPSA) is 32.3 Å². The van der Waals surface area contributed by atoms with Crippen LogP contribution in [0.15, 0.2) is 24.3 Å². The van der Waals surface area contributed by atoms with Crippen molar-refractivity contribution in [1.29, 1.82) is 0 Å². The Labute approximate surface area is 108 Å². The van der Waals surface area contributed by atoms with Gasteiger partial charge in [0.15, 0.2) is 0 Å². The summed E-state index contributed by atoms with van der Waals surface area (Å²) in [6.45, 7) is 3.97. The van der Waals surface area contributed by atoms with Crippen LogP contribution in [0.3, 0.4) is 0 Å². The van der Waals surface area contributed by atoms with Crippen molar-refractivity contribution in [3.8, 4) is 0 Å². The van der Waals surface area contributed by atoms with Crippen molar-refractivity contribution in [3.63, 3.8) is 0 Å². The second-order valence-electron chi connectivity index (χ2n) is 3.85. The summed E-state index contributed by atoms with van der Waals surface area (Å²) in [5, 5.41) is 3.69. The number of hydrogen-bond donors (Lipinski definition) is 1. The molecule has 0 fully saturated rings. The van der Waals surface area contributed by atoms with Crippen LogP contribution in [0.25, 0.3) is 0 Å². The van der Waals surface area contributed by atoms with Crippen LogP contribution in [0.2, 0.25) is 5.02 Å². The number of halogens is 1. The van der Waals surface area contributed by atoms with Crippen LogP contribution in [0.5, 0.6) is 0 Å². The maximum absolute atomic E-state index is 11.9. The summed E-state index contributed by atoms with van der Waals surface area (Å²) in [6, 6.07) is 7.64. The highest BCUT2D eigenvalue weighted by atomic mass is 35.5. The molecule has 0 bridgehead atoms. The quantitative estimate of drug-likeness (QED) is 0.845. The largest absolute Gasteiger partial charge is 0.339 e. The van der Waals surface area contributed by atoms with Gasteiger partial charge in [-0.15, -0.1) is 0 Å². The average molecular weight is 255 g/mol. The number of hydrogen-bond acceptors (Lipinski definition) is 2. The van der Waals surface area contributed by atoms with Crippen molar-refractivity contribution < 1.29 is 4.79 Å². The number of carbonyl (C=O) groups is 1. The molecule has 17 heavy (non-hydrogen) atoms. The number of nitrogens with one attached hydrogen (secondary N) is 1. The molecule has 3 nitrogen and oxygen atoms in total. The fourth-order valence-corrected chi connectivity index (χ4v) is 1.79. The Balaban J connectivity index is 2.63. The molecular weight excluding hydrogens is 236 g/mol. The first-order valence-electron chi connectivity index (χ1n) is 5.84. The van der Waals surface area contributed by atoms with Crippen LogP contribution >= 0.6 is 11.6 Å². The van der Waals surface area contributed by atoms with Crippen molar-refractivity contribution in [1.82, 2.24) is 10.2 Å². The zero-order chi connectivity index (χ0) is 12.7. The van der Waals surface area contributed by atoms with Gasteiger partial charge in [0.2, 0.25) is 5.91 Å². The van der Waals surface area contributed by atoms with E-state index in [1.54, 1.807) is 0 Å². The van der Waals surface area contributed by atoms with Gasteiger partial charge in [-0.2, -0.15) is 0 Å². The van der Waals surface area contributed by atoms with Crippen LogP contribution in [0.4, 0.5) is 0 Å². The van der Waals surface area contributed by atoms with E-state index in [9.17, 15) is 4.79 Å². The Bertz CT molecular complexity index is 368. The maximum Gasteiger partial charge on any atom is 0.224 e. The Kier molecular flexibility index (Phi) is 6.01. The molecule has 1 N–H and O–H groups in total. The highest BCUT2D eigenvalue weighted by molar-refractivity contribution is 6.31. The molecule has 0 aliphatic heterocycles. The van der Waals surface area contributed by atoms with E-state index in [4.69, 9.17) is 11.6 Å². The van der Waals surface area contributed by atoms with E-state index >= 15 is 0 Å². The number of benzene rings is 1. The predicted octanol–water partition coefficient (Wildman–Crippen LogP) is 2.30. The second kappa shape index (κ2) is 7.30. The number of amides is 1. The highest BCUT2D eigenvalue weighted by Gasteiger charge is 2.12. The fourth-order valence-electron chi connectivity index (χ4n) is 1.60. The molecule has 0 aliphatic carbocycles. The molecule has 0 aromatic heterocycles. The van der Waals surface area contributed by atoms with Crippen molar-refractivity contribution in [2.45, 2.75) is 19.9 Å². The second-order valence-corrected chi connectivity index (χ2v) is 4.26. The zero-order valence-corrected chi connectivity index (χ0v) is 11.1. The molecule has 1 amide bonds. The Hall–Kier alpha value is -1.06. The first-order valence-corrected chi connectivity index (χ1v) is 6.22. The van der Waals surface area contributed by atoms with E-state index in [0.717, 1.165) is 5.56 Å². The van der Waals surface area contributed by atoms with E-state index in [0.29, 0.717) is 31.1 Å². The standard InChI is InChI=1S/C13H19ClN2O/c1-3-16(13(17)8-9-15-2)10-11-6-4-5-7-12(11)14/h4-7,15H,3,8-10H2,1-2H3. The third-order valence-electron chi connectivity index (χ3n) is 2.64. The summed E-state index contributed by atoms with van der Waals surface area (Å²) >= 11 is 6.08. The molecule has 0 unspecified atom stereocenters. The molecule has 1 aromatic carbocycles. The predicted molar refractivity (Wildman–Crippen MR) is 71.1 cm³/mol. The fraction of sp³-hybridized carbons (Fsp3) is 0.462. The van der Waals surface area contributed by atoms with Gasteiger partial charge in [0.25, 0.3) is 0 Å². The lowest BCUT2D eigenvalue weighted by Crippen LogP contribution is -2.32. The van der Waals surface area contributed by atoms with Gasteiger partial charge < -0.3 is 10.2 Å². The minimum Gasteiger partial charge on any atom is -0.339 e. The molecule has 0 heterocycles. The number of rotatable bonds is 6. The molecule has 0 radical (unpaired) electrons. The smallest absolute Gasteiger partial charge is 0.224 e. The Morgan fingerprint density at radius 3 is 2.71 bits per heavy atom. The lowest BCUT2D eigenvalue weighted by molar-refractivity contribution is -0.131. The molecule has 0 spiro atoms. The summed E-state index contributed by atoms with van der Waals surface area (Å²) in [7, 11) is 1.84. The van der Waals surface area contributed by atoms with E-state index in [1.165, 1.54) is 0 Å². The van der Waals surface area contributed by atoms with Crippen LogP contribution in [0, 0.1) is 0 Å². The molecule has 0 saturated heterocycles. The molecule has 0 aliphatic rings. The van der Waals surface area contributed by atoms with Crippen LogP contribution in [-0.2, 0) is 11.3 Å². The van der Waals surface area contributed by atoms with Gasteiger partial charge >= 0.3 is 0 Å². The lowest BCUT2D eigenvalue weighted by atomic mass is 10.2. The molecular formula is C13H19ClN2O. The molecule has 1 aromatic rings. The summed E-state index contributed by atoms with van der Waals surface area (Å²) in [5.74, 6) is 0.154. The van der Waals surface area contributed by atoms with Crippen LogP contribution in [0.1, 0.15) is 18.9 Å². The molecule has 1 rings (SSSR count). The average Bonchev–Trinajstić information content (AvgIpc) is 2.35. The third-order valence-corrected chi connectivity index (χ3v) is 3.01. The summed E-state index contributed by atoms with van der Waals surface area (Å²) in [4.78, 5) is 13.7. The van der Waals surface area contributed by atoms with Gasteiger partial charge in [0.05, 0.1) is 0 Å². The van der Waals surface area contributed by atoms with Crippen LogP contribution in [-0.4, -0.2) is 30.9 Å². The van der Waals surface area contributed by atoms with Gasteiger partial charge in [-0.1, -0.05) is 29.8 Å². The van der Waals surface area contributed by atoms with Crippen molar-refractivity contribution in [2.24, 2.45) is 0 Å². The lowest BCUT2D eigenvalue weighted by Gasteiger charge is -2.21. The first kappa shape index (κ1) is 14.0. The van der Waals surface area contributed by atoms with Gasteiger partial charge in [-0.25, -0.2) is 0 Å².